The van der Waals surface area contributed by atoms with E-state index in [0.717, 1.165) is 5.69 Å². The summed E-state index contributed by atoms with van der Waals surface area (Å²) in [7, 11) is 3.80. The maximum Gasteiger partial charge on any atom is 0.149 e. The highest BCUT2D eigenvalue weighted by atomic mass is 35.5. The van der Waals surface area contributed by atoms with Crippen LogP contribution in [0.15, 0.2) is 6.07 Å². The number of aliphatic hydroxyl groups is 1. The van der Waals surface area contributed by atoms with E-state index in [-0.39, 0.29) is 0 Å². The van der Waals surface area contributed by atoms with E-state index in [2.05, 4.69) is 0 Å². The summed E-state index contributed by atoms with van der Waals surface area (Å²) in [5.74, 6) is 1.10. The zero-order valence-electron chi connectivity index (χ0n) is 12.2. The first-order valence-electron chi connectivity index (χ1n) is 6.41. The van der Waals surface area contributed by atoms with Crippen LogP contribution >= 0.6 is 11.6 Å². The monoisotopic (exact) mass is 287 g/mol. The Morgan fingerprint density at radius 2 is 1.84 bits per heavy atom. The van der Waals surface area contributed by atoms with Crippen molar-refractivity contribution in [2.45, 2.75) is 26.9 Å². The molecule has 0 amide bonds. The van der Waals surface area contributed by atoms with Gasteiger partial charge in [-0.3, -0.25) is 0 Å². The molecule has 0 aliphatic heterocycles. The van der Waals surface area contributed by atoms with Crippen molar-refractivity contribution in [2.75, 3.05) is 32.2 Å². The lowest BCUT2D eigenvalue weighted by Gasteiger charge is -2.23. The Morgan fingerprint density at radius 3 is 2.26 bits per heavy atom. The molecule has 5 heteroatoms. The van der Waals surface area contributed by atoms with Gasteiger partial charge < -0.3 is 19.5 Å². The van der Waals surface area contributed by atoms with Crippen LogP contribution in [-0.4, -0.2) is 32.4 Å². The van der Waals surface area contributed by atoms with Crippen molar-refractivity contribution in [1.82, 2.24) is 0 Å². The molecule has 19 heavy (non-hydrogen) atoms. The largest absolute Gasteiger partial charge is 0.493 e. The zero-order valence-corrected chi connectivity index (χ0v) is 12.9. The molecule has 0 saturated heterocycles. The topological polar surface area (TPSA) is 41.9 Å². The van der Waals surface area contributed by atoms with Gasteiger partial charge in [0.2, 0.25) is 0 Å². The number of anilines is 1. The lowest BCUT2D eigenvalue weighted by Crippen LogP contribution is -2.12. The molecule has 0 heterocycles. The second kappa shape index (κ2) is 6.87. The van der Waals surface area contributed by atoms with Crippen LogP contribution in [0.25, 0.3) is 0 Å². The molecule has 1 unspecified atom stereocenters. The number of hydrogen-bond donors (Lipinski definition) is 1. The van der Waals surface area contributed by atoms with Gasteiger partial charge in [-0.25, -0.2) is 0 Å². The summed E-state index contributed by atoms with van der Waals surface area (Å²) in [5.41, 5.74) is 1.40. The molecule has 0 aliphatic carbocycles. The van der Waals surface area contributed by atoms with E-state index in [4.69, 9.17) is 21.1 Å². The van der Waals surface area contributed by atoms with Crippen LogP contribution in [0.1, 0.15) is 32.4 Å². The predicted molar refractivity (Wildman–Crippen MR) is 78.8 cm³/mol. The minimum atomic E-state index is -0.711. The van der Waals surface area contributed by atoms with Crippen molar-refractivity contribution in [2.24, 2.45) is 0 Å². The lowest BCUT2D eigenvalue weighted by atomic mass is 10.1. The van der Waals surface area contributed by atoms with Crippen LogP contribution in [-0.2, 0) is 0 Å². The normalized spacial score (nSPS) is 12.2. The van der Waals surface area contributed by atoms with E-state index in [0.29, 0.717) is 35.3 Å². The van der Waals surface area contributed by atoms with Crippen molar-refractivity contribution >= 4 is 17.3 Å². The molecule has 1 N–H and O–H groups in total. The molecular weight excluding hydrogens is 266 g/mol. The Morgan fingerprint density at radius 1 is 1.26 bits per heavy atom. The first-order chi connectivity index (χ1) is 8.93. The summed E-state index contributed by atoms with van der Waals surface area (Å²) in [6.45, 7) is 6.44. The van der Waals surface area contributed by atoms with Crippen LogP contribution in [0.4, 0.5) is 5.69 Å². The third-order valence-corrected chi connectivity index (χ3v) is 3.06. The van der Waals surface area contributed by atoms with Crippen LogP contribution in [0.3, 0.4) is 0 Å². The SMILES string of the molecule is CCOc1cc(N(C)C)c(Cl)c(OCC)c1C(C)O. The van der Waals surface area contributed by atoms with Crippen LogP contribution in [0.5, 0.6) is 11.5 Å². The fraction of sp³-hybridized carbons (Fsp3) is 0.571. The van der Waals surface area contributed by atoms with Crippen LogP contribution < -0.4 is 14.4 Å². The summed E-state index contributed by atoms with van der Waals surface area (Å²) in [5, 5.41) is 10.5. The first kappa shape index (κ1) is 15.9. The third-order valence-electron chi connectivity index (χ3n) is 2.69. The van der Waals surface area contributed by atoms with Gasteiger partial charge in [0.25, 0.3) is 0 Å². The molecule has 0 bridgehead atoms. The average molecular weight is 288 g/mol. The molecular formula is C14H22ClNO3. The molecule has 1 rings (SSSR count). The van der Waals surface area contributed by atoms with Gasteiger partial charge in [-0.2, -0.15) is 0 Å². The van der Waals surface area contributed by atoms with Gasteiger partial charge in [-0.1, -0.05) is 11.6 Å². The Labute approximate surface area is 119 Å². The van der Waals surface area contributed by atoms with Gasteiger partial charge in [-0.15, -0.1) is 0 Å². The standard InChI is InChI=1S/C14H22ClNO3/c1-6-18-11-8-10(16(4)5)13(15)14(19-7-2)12(11)9(3)17/h8-9,17H,6-7H2,1-5H3. The van der Waals surface area contributed by atoms with Crippen molar-refractivity contribution in [3.05, 3.63) is 16.7 Å². The smallest absolute Gasteiger partial charge is 0.149 e. The molecule has 108 valence electrons. The highest BCUT2D eigenvalue weighted by Crippen LogP contribution is 2.45. The number of halogens is 1. The number of rotatable bonds is 6. The number of ether oxygens (including phenoxy) is 2. The number of benzene rings is 1. The predicted octanol–water partition coefficient (Wildman–Crippen LogP) is 3.26. The first-order valence-corrected chi connectivity index (χ1v) is 6.79. The van der Waals surface area contributed by atoms with E-state index in [1.165, 1.54) is 0 Å². The highest BCUT2D eigenvalue weighted by Gasteiger charge is 2.23. The minimum absolute atomic E-state index is 0.474. The molecule has 1 aromatic carbocycles. The second-order valence-corrected chi connectivity index (χ2v) is 4.77. The summed E-state index contributed by atoms with van der Waals surface area (Å²) >= 11 is 6.37. The van der Waals surface area contributed by atoms with E-state index >= 15 is 0 Å². The Bertz CT molecular complexity index is 433. The molecule has 1 atom stereocenters. The maximum absolute atomic E-state index is 9.96. The Balaban J connectivity index is 3.52. The average Bonchev–Trinajstić information content (AvgIpc) is 2.32. The van der Waals surface area contributed by atoms with Gasteiger partial charge in [0.15, 0.2) is 0 Å². The Hall–Kier alpha value is -1.13. The fourth-order valence-corrected chi connectivity index (χ4v) is 2.27. The second-order valence-electron chi connectivity index (χ2n) is 4.39. The molecule has 1 aromatic rings. The van der Waals surface area contributed by atoms with E-state index in [1.807, 2.05) is 38.9 Å². The molecule has 0 spiro atoms. The number of hydrogen-bond acceptors (Lipinski definition) is 4. The van der Waals surface area contributed by atoms with Crippen molar-refractivity contribution in [1.29, 1.82) is 0 Å². The fourth-order valence-electron chi connectivity index (χ4n) is 1.89. The van der Waals surface area contributed by atoms with E-state index < -0.39 is 6.10 Å². The molecule has 0 aliphatic rings. The van der Waals surface area contributed by atoms with Gasteiger partial charge >= 0.3 is 0 Å². The summed E-state index contributed by atoms with van der Waals surface area (Å²) in [4.78, 5) is 1.89. The van der Waals surface area contributed by atoms with Crippen molar-refractivity contribution in [3.63, 3.8) is 0 Å². The quantitative estimate of drug-likeness (QED) is 0.872. The minimum Gasteiger partial charge on any atom is -0.493 e. The van der Waals surface area contributed by atoms with E-state index in [1.54, 1.807) is 6.92 Å². The Kier molecular flexibility index (Phi) is 5.76. The summed E-state index contributed by atoms with van der Waals surface area (Å²) in [6.07, 6.45) is -0.711. The van der Waals surface area contributed by atoms with Crippen molar-refractivity contribution in [3.8, 4) is 11.5 Å². The maximum atomic E-state index is 9.96. The molecule has 0 aromatic heterocycles. The molecule has 0 saturated carbocycles. The van der Waals surface area contributed by atoms with E-state index in [9.17, 15) is 5.11 Å². The van der Waals surface area contributed by atoms with Crippen molar-refractivity contribution < 1.29 is 14.6 Å². The summed E-state index contributed by atoms with van der Waals surface area (Å²) in [6, 6.07) is 1.83. The molecule has 4 nitrogen and oxygen atoms in total. The zero-order chi connectivity index (χ0) is 14.6. The molecule has 0 fully saturated rings. The number of aliphatic hydroxyl groups excluding tert-OH is 1. The van der Waals surface area contributed by atoms with Gasteiger partial charge in [-0.05, 0) is 20.8 Å². The number of nitrogens with zero attached hydrogens (tertiary/aromatic N) is 1. The highest BCUT2D eigenvalue weighted by molar-refractivity contribution is 6.35. The summed E-state index contributed by atoms with van der Waals surface area (Å²) < 4.78 is 11.2. The van der Waals surface area contributed by atoms with Crippen LogP contribution in [0, 0.1) is 0 Å². The van der Waals surface area contributed by atoms with Gasteiger partial charge in [0, 0.05) is 20.2 Å². The molecule has 0 radical (unpaired) electrons. The van der Waals surface area contributed by atoms with Gasteiger partial charge in [0.1, 0.15) is 16.5 Å². The lowest BCUT2D eigenvalue weighted by molar-refractivity contribution is 0.184. The third kappa shape index (κ3) is 3.45. The van der Waals surface area contributed by atoms with Gasteiger partial charge in [0.05, 0.1) is 30.6 Å². The van der Waals surface area contributed by atoms with Crippen LogP contribution in [0.2, 0.25) is 5.02 Å².